The van der Waals surface area contributed by atoms with Crippen molar-refractivity contribution in [3.63, 3.8) is 0 Å². The molecule has 0 heterocycles. The molecule has 1 heteroatoms. The number of hydrogen-bond donors (Lipinski definition) is 1. The van der Waals surface area contributed by atoms with Gasteiger partial charge < -0.3 is 5.73 Å². The predicted octanol–water partition coefficient (Wildman–Crippen LogP) is 2.10. The summed E-state index contributed by atoms with van der Waals surface area (Å²) in [4.78, 5) is 0. The van der Waals surface area contributed by atoms with Crippen molar-refractivity contribution >= 4 is 0 Å². The Balaban J connectivity index is 0.000000292. The number of nitrogens with two attached hydrogens (primary N) is 1. The quantitative estimate of drug-likeness (QED) is 0.605. The minimum absolute atomic E-state index is 0.640. The van der Waals surface area contributed by atoms with Gasteiger partial charge in [-0.2, -0.15) is 0 Å². The van der Waals surface area contributed by atoms with Crippen LogP contribution in [0.5, 0.6) is 0 Å². The van der Waals surface area contributed by atoms with E-state index in [1.165, 1.54) is 5.56 Å². The van der Waals surface area contributed by atoms with Gasteiger partial charge in [0.2, 0.25) is 0 Å². The number of rotatable bonds is 1. The van der Waals surface area contributed by atoms with Crippen LogP contribution in [0.25, 0.3) is 0 Å². The van der Waals surface area contributed by atoms with Crippen molar-refractivity contribution in [2.45, 2.75) is 6.54 Å². The van der Waals surface area contributed by atoms with E-state index in [-0.39, 0.29) is 0 Å². The molecule has 1 aromatic carbocycles. The van der Waals surface area contributed by atoms with E-state index in [0.717, 1.165) is 0 Å². The summed E-state index contributed by atoms with van der Waals surface area (Å²) < 4.78 is 0. The fraction of sp³-hybridized carbons (Fsp3) is 0.100. The van der Waals surface area contributed by atoms with Gasteiger partial charge in [-0.1, -0.05) is 43.5 Å². The van der Waals surface area contributed by atoms with Gasteiger partial charge in [0.05, 0.1) is 0 Å². The lowest BCUT2D eigenvalue weighted by atomic mass is 10.2. The molecule has 2 N–H and O–H groups in total. The van der Waals surface area contributed by atoms with E-state index in [0.29, 0.717) is 6.54 Å². The lowest BCUT2D eigenvalue weighted by Gasteiger charge is -1.90. The van der Waals surface area contributed by atoms with Crippen LogP contribution in [0, 0.1) is 0 Å². The van der Waals surface area contributed by atoms with E-state index in [4.69, 9.17) is 5.73 Å². The second-order valence-corrected chi connectivity index (χ2v) is 1.94. The molecule has 58 valence electrons. The van der Waals surface area contributed by atoms with Crippen molar-refractivity contribution in [3.8, 4) is 0 Å². The van der Waals surface area contributed by atoms with Crippen molar-refractivity contribution in [3.05, 3.63) is 54.8 Å². The Kier molecular flexibility index (Phi) is 6.01. The molecule has 1 rings (SSSR count). The van der Waals surface area contributed by atoms with Gasteiger partial charge in [0, 0.05) is 6.54 Å². The van der Waals surface area contributed by atoms with E-state index in [1.807, 2.05) is 30.3 Å². The first-order valence-electron chi connectivity index (χ1n) is 3.38. The van der Waals surface area contributed by atoms with Crippen LogP contribution < -0.4 is 5.73 Å². The second-order valence-electron chi connectivity index (χ2n) is 1.94. The summed E-state index contributed by atoms with van der Waals surface area (Å²) in [5.74, 6) is 0. The average Bonchev–Trinajstić information content (AvgIpc) is 2.08. The van der Waals surface area contributed by atoms with E-state index in [1.54, 1.807) is 0 Å². The zero-order valence-corrected chi connectivity index (χ0v) is 6.59. The summed E-state index contributed by atoms with van der Waals surface area (Å²) in [5.41, 5.74) is 8.79. The van der Waals surface area contributed by atoms with Crippen LogP contribution >= 0.6 is 0 Å². The molecule has 0 atom stereocenters. The molecule has 11 heavy (non-hydrogen) atoms. The van der Waals surface area contributed by atoms with Crippen LogP contribution in [0.15, 0.2) is 49.2 Å². The van der Waals surface area contributed by atoms with Crippen LogP contribution in [0.2, 0.25) is 0 Å². The van der Waals surface area contributed by atoms with E-state index in [2.05, 4.69) is 18.9 Å². The summed E-state index contributed by atoms with van der Waals surface area (Å²) in [5, 5.41) is 0. The van der Waals surface area contributed by atoms with Crippen LogP contribution in [0.1, 0.15) is 5.56 Å². The maximum Gasteiger partial charge on any atom is 0.0178 e. The molecular weight excluding hydrogens is 134 g/mol. The minimum atomic E-state index is 0.640. The van der Waals surface area contributed by atoms with E-state index >= 15 is 0 Å². The van der Waals surface area contributed by atoms with E-state index < -0.39 is 0 Å². The predicted molar refractivity (Wildman–Crippen MR) is 49.1 cm³/mol. The summed E-state index contributed by atoms with van der Waals surface area (Å²) in [6.45, 7) is 6.89. The summed E-state index contributed by atoms with van der Waals surface area (Å²) in [6, 6.07) is 9.99. The molecule has 0 amide bonds. The SMILES string of the molecule is C=C=C.NCc1ccccc1. The number of benzene rings is 1. The molecule has 0 aliphatic rings. The Morgan fingerprint density at radius 2 is 1.64 bits per heavy atom. The zero-order valence-electron chi connectivity index (χ0n) is 6.59. The highest BCUT2D eigenvalue weighted by Gasteiger charge is 1.80. The molecular formula is C10H13N. The van der Waals surface area contributed by atoms with Crippen LogP contribution in [0.4, 0.5) is 0 Å². The van der Waals surface area contributed by atoms with Gasteiger partial charge in [-0.15, -0.1) is 5.73 Å². The number of hydrogen-bond acceptors (Lipinski definition) is 1. The van der Waals surface area contributed by atoms with Crippen LogP contribution in [-0.4, -0.2) is 0 Å². The maximum atomic E-state index is 5.35. The second kappa shape index (κ2) is 6.81. The molecule has 0 fully saturated rings. The van der Waals surface area contributed by atoms with Crippen molar-refractivity contribution in [1.82, 2.24) is 0 Å². The highest BCUT2D eigenvalue weighted by atomic mass is 14.5. The molecule has 0 saturated heterocycles. The summed E-state index contributed by atoms with van der Waals surface area (Å²) >= 11 is 0. The molecule has 1 nitrogen and oxygen atoms in total. The topological polar surface area (TPSA) is 26.0 Å². The smallest absolute Gasteiger partial charge is 0.0178 e. The standard InChI is InChI=1S/C7H9N.C3H4/c8-6-7-4-2-1-3-5-7;1-3-2/h1-5H,6,8H2;1-2H2. The van der Waals surface area contributed by atoms with E-state index in [9.17, 15) is 0 Å². The Hall–Kier alpha value is -1.30. The fourth-order valence-corrected chi connectivity index (χ4v) is 0.614. The van der Waals surface area contributed by atoms with Gasteiger partial charge in [-0.25, -0.2) is 0 Å². The zero-order chi connectivity index (χ0) is 8.53. The molecule has 0 bridgehead atoms. The van der Waals surface area contributed by atoms with Crippen molar-refractivity contribution in [2.24, 2.45) is 5.73 Å². The van der Waals surface area contributed by atoms with Crippen molar-refractivity contribution in [1.29, 1.82) is 0 Å². The van der Waals surface area contributed by atoms with Gasteiger partial charge in [0.15, 0.2) is 0 Å². The maximum absolute atomic E-state index is 5.35. The Morgan fingerprint density at radius 1 is 1.18 bits per heavy atom. The molecule has 0 spiro atoms. The van der Waals surface area contributed by atoms with Crippen LogP contribution in [0.3, 0.4) is 0 Å². The van der Waals surface area contributed by atoms with Gasteiger partial charge in [0.1, 0.15) is 0 Å². The third-order valence-electron chi connectivity index (χ3n) is 1.08. The first kappa shape index (κ1) is 9.70. The van der Waals surface area contributed by atoms with Crippen LogP contribution in [-0.2, 0) is 6.54 Å². The Bertz CT molecular complexity index is 208. The third-order valence-corrected chi connectivity index (χ3v) is 1.08. The summed E-state index contributed by atoms with van der Waals surface area (Å²) in [7, 11) is 0. The average molecular weight is 147 g/mol. The normalized spacial score (nSPS) is 7.36. The lowest BCUT2D eigenvalue weighted by molar-refractivity contribution is 1.07. The van der Waals surface area contributed by atoms with Gasteiger partial charge in [-0.3, -0.25) is 0 Å². The first-order chi connectivity index (χ1) is 5.35. The molecule has 0 radical (unpaired) electrons. The molecule has 0 aliphatic carbocycles. The Labute approximate surface area is 67.9 Å². The molecule has 0 saturated carbocycles. The fourth-order valence-electron chi connectivity index (χ4n) is 0.614. The monoisotopic (exact) mass is 147 g/mol. The van der Waals surface area contributed by atoms with Gasteiger partial charge >= 0.3 is 0 Å². The third kappa shape index (κ3) is 5.16. The molecule has 0 unspecified atom stereocenters. The minimum Gasteiger partial charge on any atom is -0.326 e. The van der Waals surface area contributed by atoms with Crippen molar-refractivity contribution < 1.29 is 0 Å². The first-order valence-corrected chi connectivity index (χ1v) is 3.38. The van der Waals surface area contributed by atoms with Gasteiger partial charge in [-0.05, 0) is 5.56 Å². The highest BCUT2D eigenvalue weighted by molar-refractivity contribution is 5.13. The summed E-state index contributed by atoms with van der Waals surface area (Å²) in [6.07, 6.45) is 0. The lowest BCUT2D eigenvalue weighted by Crippen LogP contribution is -1.94. The highest BCUT2D eigenvalue weighted by Crippen LogP contribution is 1.94. The largest absolute Gasteiger partial charge is 0.326 e. The Morgan fingerprint density at radius 3 is 1.91 bits per heavy atom. The molecule has 1 aromatic rings. The van der Waals surface area contributed by atoms with Crippen molar-refractivity contribution in [2.75, 3.05) is 0 Å². The van der Waals surface area contributed by atoms with Gasteiger partial charge in [0.25, 0.3) is 0 Å². The molecule has 0 aliphatic heterocycles. The molecule has 0 aromatic heterocycles.